The van der Waals surface area contributed by atoms with E-state index in [0.29, 0.717) is 17.7 Å². The number of nitrogens with zero attached hydrogens (tertiary/aromatic N) is 1. The van der Waals surface area contributed by atoms with Gasteiger partial charge in [-0.2, -0.15) is 26.3 Å². The summed E-state index contributed by atoms with van der Waals surface area (Å²) in [4.78, 5) is 53.8. The quantitative estimate of drug-likeness (QED) is 0.375. The van der Waals surface area contributed by atoms with Crippen molar-refractivity contribution in [3.63, 3.8) is 0 Å². The third kappa shape index (κ3) is 6.25. The molecule has 13 heteroatoms. The number of ketones is 1. The molecule has 3 amide bonds. The number of nitrogens with one attached hydrogen (secondary N) is 2. The highest BCUT2D eigenvalue weighted by atomic mass is 19.4. The lowest BCUT2D eigenvalue weighted by molar-refractivity contribution is -0.143. The van der Waals surface area contributed by atoms with Crippen molar-refractivity contribution in [2.24, 2.45) is 0 Å². The molecule has 43 heavy (non-hydrogen) atoms. The maximum atomic E-state index is 13.8. The van der Waals surface area contributed by atoms with Gasteiger partial charge < -0.3 is 15.5 Å². The van der Waals surface area contributed by atoms with E-state index >= 15 is 0 Å². The summed E-state index contributed by atoms with van der Waals surface area (Å²) in [5.41, 5.74) is -4.67. The molecule has 5 rings (SSSR count). The van der Waals surface area contributed by atoms with E-state index in [2.05, 4.69) is 10.6 Å². The van der Waals surface area contributed by atoms with Crippen LogP contribution in [0, 0.1) is 0 Å². The van der Waals surface area contributed by atoms with Crippen molar-refractivity contribution in [3.8, 4) is 0 Å². The molecule has 0 unspecified atom stereocenters. The Balaban J connectivity index is 1.45. The summed E-state index contributed by atoms with van der Waals surface area (Å²) in [6.45, 7) is -0.752. The van der Waals surface area contributed by atoms with Gasteiger partial charge in [0.05, 0.1) is 23.4 Å². The van der Waals surface area contributed by atoms with Crippen LogP contribution >= 0.6 is 0 Å². The highest BCUT2D eigenvalue weighted by molar-refractivity contribution is 6.13. The van der Waals surface area contributed by atoms with Gasteiger partial charge >= 0.3 is 12.4 Å². The molecule has 0 spiro atoms. The zero-order chi connectivity index (χ0) is 31.2. The Bertz CT molecular complexity index is 1570. The molecule has 3 aromatic rings. The van der Waals surface area contributed by atoms with Crippen LogP contribution in [0.4, 0.5) is 32.0 Å². The molecule has 224 valence electrons. The Hall–Kier alpha value is -4.68. The molecule has 2 N–H and O–H groups in total. The van der Waals surface area contributed by atoms with E-state index in [9.17, 15) is 45.5 Å². The first-order valence-electron chi connectivity index (χ1n) is 13.1. The number of fused-ring (bicyclic) bond motifs is 1. The molecule has 1 fully saturated rings. The van der Waals surface area contributed by atoms with Crippen molar-refractivity contribution in [3.05, 3.63) is 101 Å². The number of carbonyl (C=O) groups excluding carboxylic acids is 4. The zero-order valence-electron chi connectivity index (χ0n) is 22.2. The van der Waals surface area contributed by atoms with Crippen LogP contribution in [0.5, 0.6) is 0 Å². The molecule has 3 aromatic carbocycles. The lowest BCUT2D eigenvalue weighted by atomic mass is 10.0. The predicted molar refractivity (Wildman–Crippen MR) is 141 cm³/mol. The van der Waals surface area contributed by atoms with Crippen molar-refractivity contribution >= 4 is 29.2 Å². The summed E-state index contributed by atoms with van der Waals surface area (Å²) in [5, 5.41) is 5.14. The largest absolute Gasteiger partial charge is 0.416 e. The molecule has 7 nitrogen and oxygen atoms in total. The lowest BCUT2D eigenvalue weighted by Crippen LogP contribution is -2.55. The molecule has 1 aliphatic heterocycles. The fourth-order valence-electron chi connectivity index (χ4n) is 4.91. The molecule has 0 aromatic heterocycles. The second kappa shape index (κ2) is 10.9. The number of carbonyl (C=O) groups is 4. The van der Waals surface area contributed by atoms with E-state index in [1.54, 1.807) is 30.3 Å². The molecule has 1 aliphatic carbocycles. The topological polar surface area (TPSA) is 95.6 Å². The number of anilines is 1. The maximum absolute atomic E-state index is 13.8. The first-order valence-corrected chi connectivity index (χ1v) is 13.1. The molecular formula is C30H23F6N3O4. The number of hydrogen-bond donors (Lipinski definition) is 2. The average Bonchev–Trinajstić information content (AvgIpc) is 3.75. The van der Waals surface area contributed by atoms with E-state index < -0.39 is 77.1 Å². The van der Waals surface area contributed by atoms with E-state index in [-0.39, 0.29) is 30.2 Å². The summed E-state index contributed by atoms with van der Waals surface area (Å²) in [7, 11) is 0. The van der Waals surface area contributed by atoms with Crippen molar-refractivity contribution in [1.29, 1.82) is 0 Å². The molecular weight excluding hydrogens is 580 g/mol. The van der Waals surface area contributed by atoms with E-state index in [4.69, 9.17) is 0 Å². The lowest BCUT2D eigenvalue weighted by Gasteiger charge is -2.28. The van der Waals surface area contributed by atoms with Crippen LogP contribution in [-0.2, 0) is 28.5 Å². The SMILES string of the molecule is O=C(NC1(C(=O)N[C@@H]2CC(=O)c3ccccc3N(Cc3cc(C(F)(F)F)cc(C(F)(F)F)c3)C2=O)CC1)c1ccccc1. The number of Topliss-reactive ketones (excluding diaryl/α,β-unsaturated/α-hetero) is 1. The Morgan fingerprint density at radius 1 is 0.837 bits per heavy atom. The van der Waals surface area contributed by atoms with Gasteiger partial charge in [0.15, 0.2) is 5.78 Å². The first kappa shape index (κ1) is 29.8. The highest BCUT2D eigenvalue weighted by Crippen LogP contribution is 2.39. The van der Waals surface area contributed by atoms with Gasteiger partial charge in [0.25, 0.3) is 5.91 Å². The third-order valence-corrected chi connectivity index (χ3v) is 7.32. The van der Waals surface area contributed by atoms with Crippen LogP contribution in [0.25, 0.3) is 0 Å². The van der Waals surface area contributed by atoms with Crippen LogP contribution in [0.15, 0.2) is 72.8 Å². The second-order valence-corrected chi connectivity index (χ2v) is 10.4. The summed E-state index contributed by atoms with van der Waals surface area (Å²) >= 11 is 0. The summed E-state index contributed by atoms with van der Waals surface area (Å²) in [6.07, 6.45) is -10.2. The molecule has 0 saturated heterocycles. The van der Waals surface area contributed by atoms with E-state index in [0.717, 1.165) is 4.90 Å². The maximum Gasteiger partial charge on any atom is 0.416 e. The van der Waals surface area contributed by atoms with Crippen LogP contribution in [0.3, 0.4) is 0 Å². The van der Waals surface area contributed by atoms with Crippen LogP contribution < -0.4 is 15.5 Å². The molecule has 0 radical (unpaired) electrons. The number of alkyl halides is 6. The van der Waals surface area contributed by atoms with Crippen LogP contribution in [0.2, 0.25) is 0 Å². The fraction of sp³-hybridized carbons (Fsp3) is 0.267. The van der Waals surface area contributed by atoms with Gasteiger partial charge in [-0.1, -0.05) is 30.3 Å². The van der Waals surface area contributed by atoms with Gasteiger partial charge in [-0.05, 0) is 60.9 Å². The Labute approximate surface area is 240 Å². The minimum atomic E-state index is -5.11. The second-order valence-electron chi connectivity index (χ2n) is 10.4. The van der Waals surface area contributed by atoms with Crippen LogP contribution in [-0.4, -0.2) is 35.1 Å². The molecule has 1 heterocycles. The van der Waals surface area contributed by atoms with Crippen molar-refractivity contribution in [2.75, 3.05) is 4.90 Å². The normalized spacial score (nSPS) is 18.0. The van der Waals surface area contributed by atoms with Gasteiger partial charge in [-0.15, -0.1) is 0 Å². The Morgan fingerprint density at radius 2 is 1.42 bits per heavy atom. The predicted octanol–water partition coefficient (Wildman–Crippen LogP) is 5.29. The van der Waals surface area contributed by atoms with Gasteiger partial charge in [-0.25, -0.2) is 0 Å². The number of para-hydroxylation sites is 1. The van der Waals surface area contributed by atoms with Crippen molar-refractivity contribution in [2.45, 2.75) is 49.7 Å². The zero-order valence-corrected chi connectivity index (χ0v) is 22.2. The van der Waals surface area contributed by atoms with E-state index in [1.807, 2.05) is 0 Å². The number of hydrogen-bond acceptors (Lipinski definition) is 4. The van der Waals surface area contributed by atoms with Gasteiger partial charge in [0.1, 0.15) is 11.6 Å². The number of rotatable bonds is 6. The summed E-state index contributed by atoms with van der Waals surface area (Å²) in [5.74, 6) is -2.76. The van der Waals surface area contributed by atoms with Gasteiger partial charge in [0.2, 0.25) is 11.8 Å². The Morgan fingerprint density at radius 3 is 2.00 bits per heavy atom. The first-order chi connectivity index (χ1) is 20.2. The highest BCUT2D eigenvalue weighted by Gasteiger charge is 2.52. The molecule has 1 saturated carbocycles. The number of halogens is 6. The Kier molecular flexibility index (Phi) is 7.53. The third-order valence-electron chi connectivity index (χ3n) is 7.32. The molecule has 1 atom stereocenters. The fourth-order valence-corrected chi connectivity index (χ4v) is 4.91. The minimum Gasteiger partial charge on any atom is -0.342 e. The van der Waals surface area contributed by atoms with Gasteiger partial charge in [0, 0.05) is 17.5 Å². The van der Waals surface area contributed by atoms with Crippen LogP contribution in [0.1, 0.15) is 56.7 Å². The molecule has 2 aliphatic rings. The van der Waals surface area contributed by atoms with Crippen molar-refractivity contribution in [1.82, 2.24) is 10.6 Å². The monoisotopic (exact) mass is 603 g/mol. The number of benzene rings is 3. The smallest absolute Gasteiger partial charge is 0.342 e. The standard InChI is InChI=1S/C30H23F6N3O4/c31-29(32,33)19-12-17(13-20(14-19)30(34,35)36)16-39-23-9-5-4-8-21(23)24(40)15-22(26(39)42)37-27(43)28(10-11-28)38-25(41)18-6-2-1-3-7-18/h1-9,12-14,22H,10-11,15-16H2,(H,37,43)(H,38,41)/t22-/m1/s1. The summed E-state index contributed by atoms with van der Waals surface area (Å²) < 4.78 is 81.0. The average molecular weight is 604 g/mol. The van der Waals surface area contributed by atoms with Crippen molar-refractivity contribution < 1.29 is 45.5 Å². The number of amides is 3. The summed E-state index contributed by atoms with van der Waals surface area (Å²) in [6, 6.07) is 13.2. The van der Waals surface area contributed by atoms with E-state index in [1.165, 1.54) is 24.3 Å². The molecule has 0 bridgehead atoms. The minimum absolute atomic E-state index is 0.00846. The van der Waals surface area contributed by atoms with Gasteiger partial charge in [-0.3, -0.25) is 19.2 Å².